The minimum absolute atomic E-state index is 0.114. The molecular formula is C20H14BrClN4O2S. The highest BCUT2D eigenvalue weighted by atomic mass is 79.9. The molecule has 1 N–H and O–H groups in total. The summed E-state index contributed by atoms with van der Waals surface area (Å²) < 4.78 is 2.38. The van der Waals surface area contributed by atoms with Crippen molar-refractivity contribution in [2.75, 3.05) is 0 Å². The molecule has 9 heteroatoms. The van der Waals surface area contributed by atoms with Gasteiger partial charge in [0.05, 0.1) is 26.5 Å². The van der Waals surface area contributed by atoms with E-state index in [4.69, 9.17) is 11.6 Å². The van der Waals surface area contributed by atoms with Crippen LogP contribution in [0.5, 0.6) is 0 Å². The number of halogens is 2. The first-order chi connectivity index (χ1) is 14.0. The molecule has 0 saturated heterocycles. The number of rotatable bonds is 5. The molecule has 0 aliphatic rings. The average Bonchev–Trinajstić information content (AvgIpc) is 3.24. The molecule has 0 aliphatic carbocycles. The Bertz CT molecular complexity index is 1270. The number of hydrogen-bond donors (Lipinski definition) is 1. The number of Topliss-reactive ketones (excluding diaryl/α,β-unsaturated/α-hetero) is 1. The summed E-state index contributed by atoms with van der Waals surface area (Å²) in [4.78, 5) is 32.8. The molecule has 4 aromatic rings. The highest BCUT2D eigenvalue weighted by Gasteiger charge is 2.19. The number of thioether (sulfide) groups is 1. The summed E-state index contributed by atoms with van der Waals surface area (Å²) >= 11 is 11.0. The second-order valence-electron chi connectivity index (χ2n) is 6.26. The van der Waals surface area contributed by atoms with Gasteiger partial charge in [-0.25, -0.2) is 9.67 Å². The Morgan fingerprint density at radius 2 is 2.14 bits per heavy atom. The van der Waals surface area contributed by atoms with Crippen molar-refractivity contribution in [3.63, 3.8) is 0 Å². The fourth-order valence-electron chi connectivity index (χ4n) is 2.93. The summed E-state index contributed by atoms with van der Waals surface area (Å²) in [5, 5.41) is 5.27. The molecule has 3 aromatic heterocycles. The van der Waals surface area contributed by atoms with Gasteiger partial charge in [-0.15, -0.1) is 11.8 Å². The van der Waals surface area contributed by atoms with Crippen molar-refractivity contribution in [2.45, 2.75) is 17.7 Å². The highest BCUT2D eigenvalue weighted by Crippen LogP contribution is 2.31. The lowest BCUT2D eigenvalue weighted by molar-refractivity contribution is 0.101. The van der Waals surface area contributed by atoms with E-state index in [1.807, 2.05) is 24.4 Å². The maximum Gasteiger partial charge on any atom is 0.202 e. The molecule has 4 rings (SSSR count). The van der Waals surface area contributed by atoms with E-state index in [2.05, 4.69) is 31.0 Å². The van der Waals surface area contributed by atoms with Gasteiger partial charge in [-0.05, 0) is 52.7 Å². The van der Waals surface area contributed by atoms with E-state index < -0.39 is 0 Å². The lowest BCUT2D eigenvalue weighted by Gasteiger charge is -2.11. The largest absolute Gasteiger partial charge is 0.348 e. The van der Waals surface area contributed by atoms with E-state index in [0.717, 1.165) is 5.56 Å². The number of nitrogens with one attached hydrogen (secondary N) is 1. The van der Waals surface area contributed by atoms with Gasteiger partial charge in [-0.1, -0.05) is 17.7 Å². The Labute approximate surface area is 183 Å². The number of aromatic nitrogens is 4. The predicted molar refractivity (Wildman–Crippen MR) is 118 cm³/mol. The minimum atomic E-state index is -0.368. The first kappa shape index (κ1) is 19.9. The number of ketones is 1. The number of benzene rings is 1. The van der Waals surface area contributed by atoms with Crippen LogP contribution in [0.25, 0.3) is 16.7 Å². The quantitative estimate of drug-likeness (QED) is 0.314. The lowest BCUT2D eigenvalue weighted by atomic mass is 10.1. The fourth-order valence-corrected chi connectivity index (χ4v) is 4.64. The molecule has 0 radical (unpaired) electrons. The van der Waals surface area contributed by atoms with Gasteiger partial charge in [0, 0.05) is 28.8 Å². The maximum atomic E-state index is 13.0. The molecule has 0 atom stereocenters. The minimum Gasteiger partial charge on any atom is -0.348 e. The Balaban J connectivity index is 1.69. The molecule has 0 fully saturated rings. The van der Waals surface area contributed by atoms with E-state index in [1.54, 1.807) is 29.2 Å². The summed E-state index contributed by atoms with van der Waals surface area (Å²) in [6, 6.07) is 9.03. The zero-order valence-corrected chi connectivity index (χ0v) is 18.3. The molecular weight excluding hydrogens is 476 g/mol. The first-order valence-corrected chi connectivity index (χ1v) is 10.7. The van der Waals surface area contributed by atoms with E-state index in [0.29, 0.717) is 37.0 Å². The Hall–Kier alpha value is -2.42. The number of aromatic amines is 1. The van der Waals surface area contributed by atoms with Gasteiger partial charge < -0.3 is 4.98 Å². The summed E-state index contributed by atoms with van der Waals surface area (Å²) in [5.74, 6) is 0.941. The van der Waals surface area contributed by atoms with Crippen molar-refractivity contribution in [3.8, 4) is 5.82 Å². The van der Waals surface area contributed by atoms with Gasteiger partial charge in [-0.3, -0.25) is 9.59 Å². The standard InChI is InChI=1S/C20H14BrClN4O2S/c1-11(27)16-19(28)17-14(22)5-4-13(21)18(17)25-20(16)29-10-12-3-6-15(23-9-12)26-8-2-7-24-26/h2-9H,10H2,1H3,(H,25,28). The molecule has 146 valence electrons. The second-order valence-corrected chi connectivity index (χ2v) is 8.50. The van der Waals surface area contributed by atoms with E-state index in [1.165, 1.54) is 18.7 Å². The van der Waals surface area contributed by atoms with Crippen molar-refractivity contribution >= 4 is 56.0 Å². The fraction of sp³-hybridized carbons (Fsp3) is 0.100. The number of pyridine rings is 2. The van der Waals surface area contributed by atoms with Crippen molar-refractivity contribution in [1.29, 1.82) is 0 Å². The molecule has 3 heterocycles. The van der Waals surface area contributed by atoms with Crippen LogP contribution >= 0.6 is 39.3 Å². The third-order valence-corrected chi connectivity index (χ3v) is 6.36. The van der Waals surface area contributed by atoms with Gasteiger partial charge in [0.1, 0.15) is 0 Å². The molecule has 0 amide bonds. The molecule has 29 heavy (non-hydrogen) atoms. The van der Waals surface area contributed by atoms with Crippen LogP contribution in [0.4, 0.5) is 0 Å². The number of H-pyrrole nitrogens is 1. The first-order valence-electron chi connectivity index (χ1n) is 8.58. The van der Waals surface area contributed by atoms with Gasteiger partial charge in [0.15, 0.2) is 11.6 Å². The highest BCUT2D eigenvalue weighted by molar-refractivity contribution is 9.10. The lowest BCUT2D eigenvalue weighted by Crippen LogP contribution is -2.17. The number of nitrogens with zero attached hydrogens (tertiary/aromatic N) is 3. The van der Waals surface area contributed by atoms with Crippen LogP contribution in [0.2, 0.25) is 5.02 Å². The number of carbonyl (C=O) groups is 1. The van der Waals surface area contributed by atoms with Crippen LogP contribution in [-0.2, 0) is 5.75 Å². The number of hydrogen-bond acceptors (Lipinski definition) is 5. The molecule has 0 spiro atoms. The molecule has 0 unspecified atom stereocenters. The topological polar surface area (TPSA) is 80.6 Å². The number of carbonyl (C=O) groups excluding carboxylic acids is 1. The summed E-state index contributed by atoms with van der Waals surface area (Å²) in [6.45, 7) is 1.38. The van der Waals surface area contributed by atoms with Crippen LogP contribution in [0.3, 0.4) is 0 Å². The van der Waals surface area contributed by atoms with Crippen molar-refractivity contribution in [1.82, 2.24) is 19.7 Å². The van der Waals surface area contributed by atoms with Gasteiger partial charge in [-0.2, -0.15) is 5.10 Å². The van der Waals surface area contributed by atoms with Crippen LogP contribution in [-0.4, -0.2) is 25.5 Å². The van der Waals surface area contributed by atoms with Crippen LogP contribution < -0.4 is 5.43 Å². The van der Waals surface area contributed by atoms with Gasteiger partial charge in [0.2, 0.25) is 5.43 Å². The maximum absolute atomic E-state index is 13.0. The molecule has 0 aliphatic heterocycles. The van der Waals surface area contributed by atoms with E-state index >= 15 is 0 Å². The van der Waals surface area contributed by atoms with Crippen LogP contribution in [0, 0.1) is 0 Å². The smallest absolute Gasteiger partial charge is 0.202 e. The van der Waals surface area contributed by atoms with Crippen LogP contribution in [0.15, 0.2) is 63.2 Å². The Morgan fingerprint density at radius 3 is 2.79 bits per heavy atom. The molecule has 0 bridgehead atoms. The zero-order chi connectivity index (χ0) is 20.5. The van der Waals surface area contributed by atoms with Crippen LogP contribution in [0.1, 0.15) is 22.8 Å². The summed E-state index contributed by atoms with van der Waals surface area (Å²) in [7, 11) is 0. The molecule has 6 nitrogen and oxygen atoms in total. The van der Waals surface area contributed by atoms with Crippen molar-refractivity contribution < 1.29 is 4.79 Å². The zero-order valence-electron chi connectivity index (χ0n) is 15.1. The summed E-state index contributed by atoms with van der Waals surface area (Å²) in [5.41, 5.74) is 1.27. The molecule has 0 saturated carbocycles. The monoisotopic (exact) mass is 488 g/mol. The van der Waals surface area contributed by atoms with Crippen molar-refractivity contribution in [2.24, 2.45) is 0 Å². The van der Waals surface area contributed by atoms with E-state index in [9.17, 15) is 9.59 Å². The third-order valence-electron chi connectivity index (χ3n) is 4.31. The second kappa shape index (κ2) is 8.14. The molecule has 1 aromatic carbocycles. The Kier molecular flexibility index (Phi) is 5.58. The Morgan fingerprint density at radius 1 is 1.31 bits per heavy atom. The SMILES string of the molecule is CC(=O)c1c(SCc2ccc(-n3cccn3)nc2)[nH]c2c(Br)ccc(Cl)c2c1=O. The van der Waals surface area contributed by atoms with Gasteiger partial charge >= 0.3 is 0 Å². The third kappa shape index (κ3) is 3.88. The van der Waals surface area contributed by atoms with E-state index in [-0.39, 0.29) is 16.8 Å². The normalized spacial score (nSPS) is 11.1. The predicted octanol–water partition coefficient (Wildman–Crippen LogP) is 5.02. The number of fused-ring (bicyclic) bond motifs is 1. The van der Waals surface area contributed by atoms with Gasteiger partial charge in [0.25, 0.3) is 0 Å². The summed E-state index contributed by atoms with van der Waals surface area (Å²) in [6.07, 6.45) is 5.26. The average molecular weight is 490 g/mol. The van der Waals surface area contributed by atoms with Crippen molar-refractivity contribution in [3.05, 3.63) is 79.8 Å².